The smallest absolute Gasteiger partial charge is 0.341 e. The van der Waals surface area contributed by atoms with Gasteiger partial charge in [-0.25, -0.2) is 4.79 Å². The molecular formula is C21H21Cl2N5O4S2. The molecule has 3 aromatic rings. The predicted octanol–water partition coefficient (Wildman–Crippen LogP) is 4.65. The van der Waals surface area contributed by atoms with Crippen molar-refractivity contribution in [3.8, 4) is 11.4 Å². The van der Waals surface area contributed by atoms with E-state index in [0.29, 0.717) is 38.7 Å². The summed E-state index contributed by atoms with van der Waals surface area (Å²) >= 11 is 14.4. The maximum absolute atomic E-state index is 12.7. The maximum atomic E-state index is 12.7. The van der Waals surface area contributed by atoms with Crippen LogP contribution in [0.15, 0.2) is 23.4 Å². The molecule has 2 aromatic heterocycles. The third kappa shape index (κ3) is 5.54. The molecule has 0 spiro atoms. The molecule has 3 N–H and O–H groups in total. The number of nitrogens with zero attached hydrogens (tertiary/aromatic N) is 3. The Morgan fingerprint density at radius 2 is 1.97 bits per heavy atom. The van der Waals surface area contributed by atoms with Gasteiger partial charge in [0, 0.05) is 17.1 Å². The highest BCUT2D eigenvalue weighted by Crippen LogP contribution is 2.34. The number of ether oxygens (including phenoxy) is 1. The Balaban J connectivity index is 1.79. The number of primary amides is 1. The molecule has 0 radical (unpaired) electrons. The number of hydrogen-bond acceptors (Lipinski definition) is 8. The molecule has 0 aliphatic rings. The van der Waals surface area contributed by atoms with E-state index in [-0.39, 0.29) is 27.8 Å². The normalized spacial score (nSPS) is 10.9. The van der Waals surface area contributed by atoms with Gasteiger partial charge in [0.05, 0.1) is 27.8 Å². The van der Waals surface area contributed by atoms with Crippen molar-refractivity contribution in [2.24, 2.45) is 5.73 Å². The summed E-state index contributed by atoms with van der Waals surface area (Å²) in [6.45, 7) is 5.87. The van der Waals surface area contributed by atoms with Crippen molar-refractivity contribution >= 4 is 69.1 Å². The van der Waals surface area contributed by atoms with Crippen LogP contribution in [0.2, 0.25) is 10.0 Å². The van der Waals surface area contributed by atoms with Gasteiger partial charge in [-0.1, -0.05) is 35.0 Å². The Kier molecular flexibility index (Phi) is 8.58. The van der Waals surface area contributed by atoms with E-state index in [9.17, 15) is 14.4 Å². The van der Waals surface area contributed by atoms with Gasteiger partial charge in [0.1, 0.15) is 5.00 Å². The standard InChI is InChI=1S/C21H21Cl2N5O4S2/c1-4-28-18(12-7-6-11(22)8-13(12)23)26-27-21(28)33-9-14(29)25-19-15(20(31)32-5-2)10(3)16(34-19)17(24)30/h6-8H,4-5,9H2,1-3H3,(H2,24,30)(H,25,29). The first-order valence-corrected chi connectivity index (χ1v) is 12.6. The zero-order valence-corrected chi connectivity index (χ0v) is 21.6. The Hall–Kier alpha value is -2.60. The number of esters is 1. The Morgan fingerprint density at radius 1 is 1.24 bits per heavy atom. The van der Waals surface area contributed by atoms with Crippen molar-refractivity contribution < 1.29 is 19.1 Å². The number of rotatable bonds is 9. The van der Waals surface area contributed by atoms with Crippen LogP contribution < -0.4 is 11.1 Å². The summed E-state index contributed by atoms with van der Waals surface area (Å²) in [5, 5.41) is 12.8. The Bertz CT molecular complexity index is 1260. The highest BCUT2D eigenvalue weighted by molar-refractivity contribution is 7.99. The van der Waals surface area contributed by atoms with E-state index in [1.165, 1.54) is 11.8 Å². The SMILES string of the molecule is CCOC(=O)c1c(NC(=O)CSc2nnc(-c3ccc(Cl)cc3Cl)n2CC)sc(C(N)=O)c1C. The lowest BCUT2D eigenvalue weighted by Gasteiger charge is -2.09. The lowest BCUT2D eigenvalue weighted by Crippen LogP contribution is -2.17. The number of aromatic nitrogens is 3. The van der Waals surface area contributed by atoms with Crippen molar-refractivity contribution in [3.05, 3.63) is 44.2 Å². The minimum atomic E-state index is -0.688. The second kappa shape index (κ2) is 11.2. The fourth-order valence-electron chi connectivity index (χ4n) is 3.13. The fraction of sp³-hybridized carbons (Fsp3) is 0.286. The summed E-state index contributed by atoms with van der Waals surface area (Å²) in [6, 6.07) is 5.09. The number of thiophene rings is 1. The van der Waals surface area contributed by atoms with E-state index in [4.69, 9.17) is 33.7 Å². The molecule has 0 fully saturated rings. The second-order valence-corrected chi connectivity index (χ2v) is 9.66. The fourth-order valence-corrected chi connectivity index (χ4v) is 5.49. The molecule has 0 saturated carbocycles. The quantitative estimate of drug-likeness (QED) is 0.298. The molecule has 0 aliphatic carbocycles. The van der Waals surface area contributed by atoms with E-state index < -0.39 is 17.8 Å². The second-order valence-electron chi connectivity index (χ2n) is 6.86. The van der Waals surface area contributed by atoms with E-state index >= 15 is 0 Å². The van der Waals surface area contributed by atoms with Crippen LogP contribution in [0, 0.1) is 6.92 Å². The Morgan fingerprint density at radius 3 is 2.59 bits per heavy atom. The van der Waals surface area contributed by atoms with Crippen LogP contribution in [-0.2, 0) is 16.1 Å². The molecular weight excluding hydrogens is 521 g/mol. The molecule has 2 amide bonds. The summed E-state index contributed by atoms with van der Waals surface area (Å²) in [5.41, 5.74) is 6.57. The average molecular weight is 542 g/mol. The molecule has 0 saturated heterocycles. The van der Waals surface area contributed by atoms with Crippen molar-refractivity contribution in [3.63, 3.8) is 0 Å². The van der Waals surface area contributed by atoms with Gasteiger partial charge in [-0.2, -0.15) is 0 Å². The third-order valence-corrected chi connectivity index (χ3v) is 7.38. The van der Waals surface area contributed by atoms with Gasteiger partial charge in [0.2, 0.25) is 5.91 Å². The van der Waals surface area contributed by atoms with Crippen molar-refractivity contribution in [2.45, 2.75) is 32.5 Å². The molecule has 0 atom stereocenters. The number of carbonyl (C=O) groups is 3. The summed E-state index contributed by atoms with van der Waals surface area (Å²) in [4.78, 5) is 37.0. The Labute approximate surface area is 214 Å². The summed E-state index contributed by atoms with van der Waals surface area (Å²) in [5.74, 6) is -1.19. The molecule has 1 aromatic carbocycles. The largest absolute Gasteiger partial charge is 0.462 e. The molecule has 9 nitrogen and oxygen atoms in total. The van der Waals surface area contributed by atoms with Crippen molar-refractivity contribution in [1.29, 1.82) is 0 Å². The van der Waals surface area contributed by atoms with Crippen LogP contribution in [0.5, 0.6) is 0 Å². The lowest BCUT2D eigenvalue weighted by atomic mass is 10.1. The van der Waals surface area contributed by atoms with Crippen molar-refractivity contribution in [1.82, 2.24) is 14.8 Å². The maximum Gasteiger partial charge on any atom is 0.341 e. The summed E-state index contributed by atoms with van der Waals surface area (Å²) in [6.07, 6.45) is 0. The molecule has 3 rings (SSSR count). The minimum Gasteiger partial charge on any atom is -0.462 e. The van der Waals surface area contributed by atoms with Gasteiger partial charge in [0.25, 0.3) is 5.91 Å². The number of benzene rings is 1. The van der Waals surface area contributed by atoms with Gasteiger partial charge in [-0.3, -0.25) is 9.59 Å². The first-order valence-electron chi connectivity index (χ1n) is 10.1. The number of thioether (sulfide) groups is 1. The van der Waals surface area contributed by atoms with Crippen LogP contribution in [0.4, 0.5) is 5.00 Å². The van der Waals surface area contributed by atoms with Crippen molar-refractivity contribution in [2.75, 3.05) is 17.7 Å². The number of nitrogens with one attached hydrogen (secondary N) is 1. The van der Waals surface area contributed by atoms with Crippen LogP contribution in [0.1, 0.15) is 39.4 Å². The lowest BCUT2D eigenvalue weighted by molar-refractivity contribution is -0.113. The third-order valence-electron chi connectivity index (χ3n) is 4.64. The van der Waals surface area contributed by atoms with Crippen LogP contribution in [0.25, 0.3) is 11.4 Å². The van der Waals surface area contributed by atoms with Gasteiger partial charge in [-0.05, 0) is 44.5 Å². The topological polar surface area (TPSA) is 129 Å². The van der Waals surface area contributed by atoms with Gasteiger partial charge < -0.3 is 20.4 Å². The average Bonchev–Trinajstić information content (AvgIpc) is 3.32. The van der Waals surface area contributed by atoms with Crippen LogP contribution in [-0.4, -0.2) is 44.9 Å². The molecule has 2 heterocycles. The van der Waals surface area contributed by atoms with Crippen LogP contribution >= 0.6 is 46.3 Å². The number of hydrogen-bond donors (Lipinski definition) is 2. The van der Waals surface area contributed by atoms with E-state index in [1.54, 1.807) is 32.0 Å². The van der Waals surface area contributed by atoms with Gasteiger partial charge >= 0.3 is 5.97 Å². The number of anilines is 1. The van der Waals surface area contributed by atoms with Gasteiger partial charge in [-0.15, -0.1) is 21.5 Å². The van der Waals surface area contributed by atoms with Gasteiger partial charge in [0.15, 0.2) is 11.0 Å². The number of halogens is 2. The summed E-state index contributed by atoms with van der Waals surface area (Å²) in [7, 11) is 0. The number of amides is 2. The molecule has 180 valence electrons. The molecule has 0 bridgehead atoms. The summed E-state index contributed by atoms with van der Waals surface area (Å²) < 4.78 is 6.89. The predicted molar refractivity (Wildman–Crippen MR) is 134 cm³/mol. The van der Waals surface area contributed by atoms with E-state index in [0.717, 1.165) is 11.3 Å². The highest BCUT2D eigenvalue weighted by atomic mass is 35.5. The molecule has 34 heavy (non-hydrogen) atoms. The number of carbonyl (C=O) groups excluding carboxylic acids is 3. The zero-order valence-electron chi connectivity index (χ0n) is 18.5. The van der Waals surface area contributed by atoms with Crippen LogP contribution in [0.3, 0.4) is 0 Å². The first-order chi connectivity index (χ1) is 16.2. The zero-order chi connectivity index (χ0) is 25.0. The highest BCUT2D eigenvalue weighted by Gasteiger charge is 2.26. The monoisotopic (exact) mass is 541 g/mol. The molecule has 0 aliphatic heterocycles. The van der Waals surface area contributed by atoms with E-state index in [1.807, 2.05) is 11.5 Å². The molecule has 13 heteroatoms. The minimum absolute atomic E-state index is 0.0163. The molecule has 0 unspecified atom stereocenters. The number of nitrogens with two attached hydrogens (primary N) is 1. The van der Waals surface area contributed by atoms with E-state index in [2.05, 4.69) is 15.5 Å². The first kappa shape index (κ1) is 26.0.